The number of nitrogens with zero attached hydrogens (tertiary/aromatic N) is 1. The zero-order valence-electron chi connectivity index (χ0n) is 17.5. The van der Waals surface area contributed by atoms with Crippen LogP contribution in [0.15, 0.2) is 71.8 Å². The first-order chi connectivity index (χ1) is 15.8. The van der Waals surface area contributed by atoms with Crippen LogP contribution >= 0.6 is 23.2 Å². The lowest BCUT2D eigenvalue weighted by Crippen LogP contribution is -2.34. The Bertz CT molecular complexity index is 1190. The number of rotatable bonds is 8. The molecule has 0 fully saturated rings. The zero-order chi connectivity index (χ0) is 23.8. The summed E-state index contributed by atoms with van der Waals surface area (Å²) in [6, 6.07) is 18.0. The number of halogens is 3. The summed E-state index contributed by atoms with van der Waals surface area (Å²) in [5.74, 6) is -2.45. The summed E-state index contributed by atoms with van der Waals surface area (Å²) in [4.78, 5) is 24.5. The average Bonchev–Trinajstić information content (AvgIpc) is 2.81. The Morgan fingerprint density at radius 1 is 1.03 bits per heavy atom. The zero-order valence-corrected chi connectivity index (χ0v) is 19.0. The number of anilines is 1. The summed E-state index contributed by atoms with van der Waals surface area (Å²) >= 11 is 12.0. The van der Waals surface area contributed by atoms with Crippen molar-refractivity contribution in [3.63, 3.8) is 0 Å². The van der Waals surface area contributed by atoms with E-state index in [9.17, 15) is 14.0 Å². The predicted octanol–water partition coefficient (Wildman–Crippen LogP) is 5.44. The third-order valence-corrected chi connectivity index (χ3v) is 5.33. The Morgan fingerprint density at radius 2 is 1.76 bits per heavy atom. The minimum absolute atomic E-state index is 0.00120. The molecule has 3 aromatic rings. The van der Waals surface area contributed by atoms with Gasteiger partial charge in [0.15, 0.2) is 0 Å². The van der Waals surface area contributed by atoms with Crippen LogP contribution in [-0.2, 0) is 16.2 Å². The van der Waals surface area contributed by atoms with Crippen molar-refractivity contribution in [2.24, 2.45) is 11.0 Å². The molecule has 9 heteroatoms. The maximum Gasteiger partial charge on any atom is 0.252 e. The second kappa shape index (κ2) is 11.4. The van der Waals surface area contributed by atoms with Crippen LogP contribution in [0, 0.1) is 11.7 Å². The lowest BCUT2D eigenvalue weighted by molar-refractivity contribution is -0.131. The summed E-state index contributed by atoms with van der Waals surface area (Å²) in [6.45, 7) is 1.65. The van der Waals surface area contributed by atoms with Crippen LogP contribution in [0.25, 0.3) is 0 Å². The van der Waals surface area contributed by atoms with Gasteiger partial charge >= 0.3 is 0 Å². The molecule has 6 nitrogen and oxygen atoms in total. The molecule has 0 saturated carbocycles. The molecule has 0 spiro atoms. The smallest absolute Gasteiger partial charge is 0.252 e. The van der Waals surface area contributed by atoms with E-state index in [-0.39, 0.29) is 12.3 Å². The fourth-order valence-corrected chi connectivity index (χ4v) is 3.01. The van der Waals surface area contributed by atoms with Gasteiger partial charge < -0.3 is 10.1 Å². The molecule has 1 unspecified atom stereocenters. The first-order valence-corrected chi connectivity index (χ1v) is 10.6. The Balaban J connectivity index is 1.58. The molecule has 3 rings (SSSR count). The Hall–Kier alpha value is -3.42. The third kappa shape index (κ3) is 6.78. The Labute approximate surface area is 200 Å². The molecular formula is C24H20Cl2FN3O3. The minimum Gasteiger partial charge on any atom is -0.488 e. The second-order valence-corrected chi connectivity index (χ2v) is 7.81. The number of benzene rings is 3. The van der Waals surface area contributed by atoms with Crippen LogP contribution in [0.4, 0.5) is 10.1 Å². The van der Waals surface area contributed by atoms with Gasteiger partial charge in [0.25, 0.3) is 5.91 Å². The van der Waals surface area contributed by atoms with Crippen molar-refractivity contribution in [1.82, 2.24) is 5.43 Å². The van der Waals surface area contributed by atoms with E-state index in [1.54, 1.807) is 48.5 Å². The van der Waals surface area contributed by atoms with Gasteiger partial charge in [-0.25, -0.2) is 9.82 Å². The van der Waals surface area contributed by atoms with E-state index in [1.165, 1.54) is 31.3 Å². The number of hydrazone groups is 1. The molecule has 2 amide bonds. The van der Waals surface area contributed by atoms with Gasteiger partial charge in [0.1, 0.15) is 24.1 Å². The first-order valence-electron chi connectivity index (χ1n) is 9.89. The molecule has 0 bridgehead atoms. The summed E-state index contributed by atoms with van der Waals surface area (Å²) in [6.07, 6.45) is 1.41. The average molecular weight is 488 g/mol. The topological polar surface area (TPSA) is 79.8 Å². The monoisotopic (exact) mass is 487 g/mol. The quantitative estimate of drug-likeness (QED) is 0.252. The molecule has 3 aromatic carbocycles. The molecule has 0 radical (unpaired) electrons. The first kappa shape index (κ1) is 24.2. The van der Waals surface area contributed by atoms with Crippen LogP contribution in [-0.4, -0.2) is 18.0 Å². The van der Waals surface area contributed by atoms with Gasteiger partial charge in [-0.1, -0.05) is 53.5 Å². The second-order valence-electron chi connectivity index (χ2n) is 7.00. The van der Waals surface area contributed by atoms with Crippen molar-refractivity contribution in [2.75, 3.05) is 5.32 Å². The van der Waals surface area contributed by atoms with Crippen molar-refractivity contribution in [3.05, 3.63) is 93.7 Å². The summed E-state index contributed by atoms with van der Waals surface area (Å²) in [5.41, 5.74) is 3.76. The highest BCUT2D eigenvalue weighted by molar-refractivity contribution is 6.42. The van der Waals surface area contributed by atoms with Gasteiger partial charge in [0, 0.05) is 5.56 Å². The van der Waals surface area contributed by atoms with Crippen molar-refractivity contribution in [1.29, 1.82) is 0 Å². The molecule has 0 aliphatic rings. The van der Waals surface area contributed by atoms with E-state index in [0.717, 1.165) is 5.56 Å². The summed E-state index contributed by atoms with van der Waals surface area (Å²) in [7, 11) is 0. The van der Waals surface area contributed by atoms with Gasteiger partial charge in [-0.2, -0.15) is 5.10 Å². The molecule has 0 aliphatic carbocycles. The number of para-hydroxylation sites is 2. The SMILES string of the molecule is CC(C(=O)NN=Cc1ccccc1OCc1ccc(Cl)c(Cl)c1)C(=O)Nc1ccccc1F. The Morgan fingerprint density at radius 3 is 2.52 bits per heavy atom. The summed E-state index contributed by atoms with van der Waals surface area (Å²) < 4.78 is 19.5. The number of ether oxygens (including phenoxy) is 1. The van der Waals surface area contributed by atoms with Crippen LogP contribution in [0.3, 0.4) is 0 Å². The van der Waals surface area contributed by atoms with E-state index in [4.69, 9.17) is 27.9 Å². The predicted molar refractivity (Wildman–Crippen MR) is 127 cm³/mol. The minimum atomic E-state index is -1.09. The van der Waals surface area contributed by atoms with E-state index in [2.05, 4.69) is 15.8 Å². The molecule has 0 heterocycles. The van der Waals surface area contributed by atoms with Gasteiger partial charge in [0.2, 0.25) is 5.91 Å². The fraction of sp³-hybridized carbons (Fsp3) is 0.125. The van der Waals surface area contributed by atoms with Crippen molar-refractivity contribution >= 4 is 46.9 Å². The lowest BCUT2D eigenvalue weighted by atomic mass is 10.1. The maximum absolute atomic E-state index is 13.7. The van der Waals surface area contributed by atoms with Crippen LogP contribution in [0.2, 0.25) is 10.0 Å². The molecule has 170 valence electrons. The van der Waals surface area contributed by atoms with Crippen molar-refractivity contribution in [3.8, 4) is 5.75 Å². The standard InChI is InChI=1S/C24H20Cl2FN3O3/c1-15(23(31)29-21-8-4-3-7-20(21)27)24(32)30-28-13-17-6-2-5-9-22(17)33-14-16-10-11-18(25)19(26)12-16/h2-13,15H,14H2,1H3,(H,29,31)(H,30,32). The molecule has 0 aromatic heterocycles. The van der Waals surface area contributed by atoms with Crippen molar-refractivity contribution in [2.45, 2.75) is 13.5 Å². The van der Waals surface area contributed by atoms with Gasteiger partial charge in [-0.15, -0.1) is 0 Å². The molecule has 1 atom stereocenters. The lowest BCUT2D eigenvalue weighted by Gasteiger charge is -2.11. The van der Waals surface area contributed by atoms with E-state index in [1.807, 2.05) is 0 Å². The number of hydrogen-bond donors (Lipinski definition) is 2. The van der Waals surface area contributed by atoms with E-state index >= 15 is 0 Å². The normalized spacial score (nSPS) is 11.8. The van der Waals surface area contributed by atoms with Gasteiger partial charge in [-0.3, -0.25) is 9.59 Å². The highest BCUT2D eigenvalue weighted by Gasteiger charge is 2.22. The van der Waals surface area contributed by atoms with Crippen LogP contribution in [0.1, 0.15) is 18.1 Å². The molecular weight excluding hydrogens is 468 g/mol. The fourth-order valence-electron chi connectivity index (χ4n) is 2.69. The van der Waals surface area contributed by atoms with E-state index in [0.29, 0.717) is 21.4 Å². The van der Waals surface area contributed by atoms with E-state index < -0.39 is 23.5 Å². The van der Waals surface area contributed by atoms with Gasteiger partial charge in [-0.05, 0) is 48.9 Å². The highest BCUT2D eigenvalue weighted by Crippen LogP contribution is 2.24. The number of hydrogen-bond acceptors (Lipinski definition) is 4. The molecule has 0 saturated heterocycles. The van der Waals surface area contributed by atoms with Crippen LogP contribution < -0.4 is 15.5 Å². The largest absolute Gasteiger partial charge is 0.488 e. The van der Waals surface area contributed by atoms with Gasteiger partial charge in [0.05, 0.1) is 21.9 Å². The molecule has 0 aliphatic heterocycles. The number of carbonyl (C=O) groups is 2. The third-order valence-electron chi connectivity index (χ3n) is 4.59. The maximum atomic E-state index is 13.7. The summed E-state index contributed by atoms with van der Waals surface area (Å²) in [5, 5.41) is 7.19. The number of carbonyl (C=O) groups excluding carboxylic acids is 2. The molecule has 33 heavy (non-hydrogen) atoms. The highest BCUT2D eigenvalue weighted by atomic mass is 35.5. The number of nitrogens with one attached hydrogen (secondary N) is 2. The number of amides is 2. The Kier molecular flexibility index (Phi) is 8.40. The molecule has 2 N–H and O–H groups in total. The van der Waals surface area contributed by atoms with Crippen molar-refractivity contribution < 1.29 is 18.7 Å². The van der Waals surface area contributed by atoms with Crippen LogP contribution in [0.5, 0.6) is 5.75 Å².